The quantitative estimate of drug-likeness (QED) is 0.804. The van der Waals surface area contributed by atoms with Crippen molar-refractivity contribution in [1.82, 2.24) is 0 Å². The molecule has 2 atom stereocenters. The van der Waals surface area contributed by atoms with Crippen LogP contribution in [-0.2, 0) is 19.9 Å². The number of nitrogens with zero attached hydrogens (tertiary/aromatic N) is 1. The van der Waals surface area contributed by atoms with Gasteiger partial charge in [0.05, 0.1) is 12.8 Å². The molecule has 5 nitrogen and oxygen atoms in total. The lowest BCUT2D eigenvalue weighted by Gasteiger charge is -2.32. The molecule has 0 saturated carbocycles. The second kappa shape index (κ2) is 6.70. The Labute approximate surface area is 138 Å². The van der Waals surface area contributed by atoms with E-state index in [0.717, 1.165) is 5.56 Å². The van der Waals surface area contributed by atoms with Gasteiger partial charge in [-0.2, -0.15) is 0 Å². The number of halogens is 1. The summed E-state index contributed by atoms with van der Waals surface area (Å²) in [6, 6.07) is 15.0. The lowest BCUT2D eigenvalue weighted by atomic mass is 9.82. The monoisotopic (exact) mass is 329 g/mol. The molecule has 0 N–H and O–H groups in total. The Morgan fingerprint density at radius 3 is 2.50 bits per heavy atom. The molecule has 0 aromatic heterocycles. The smallest absolute Gasteiger partial charge is 0.435 e. The SMILES string of the molecule is CCOC(=O)OC1C=NOC1(c1ccccc1)c1ccc(F)cc1. The van der Waals surface area contributed by atoms with Crippen LogP contribution in [0.15, 0.2) is 59.8 Å². The molecule has 0 bridgehead atoms. The summed E-state index contributed by atoms with van der Waals surface area (Å²) in [4.78, 5) is 17.4. The Bertz CT molecular complexity index is 732. The molecule has 2 aromatic carbocycles. The van der Waals surface area contributed by atoms with Gasteiger partial charge in [-0.1, -0.05) is 47.6 Å². The van der Waals surface area contributed by atoms with Crippen LogP contribution in [0.1, 0.15) is 18.1 Å². The van der Waals surface area contributed by atoms with Crippen LogP contribution in [0.5, 0.6) is 0 Å². The van der Waals surface area contributed by atoms with Crippen molar-refractivity contribution in [2.45, 2.75) is 18.6 Å². The van der Waals surface area contributed by atoms with E-state index in [4.69, 9.17) is 14.3 Å². The number of rotatable bonds is 4. The highest BCUT2D eigenvalue weighted by Gasteiger charge is 2.50. The summed E-state index contributed by atoms with van der Waals surface area (Å²) in [7, 11) is 0. The number of hydrogen-bond donors (Lipinski definition) is 0. The predicted octanol–water partition coefficient (Wildman–Crippen LogP) is 3.63. The fraction of sp³-hybridized carbons (Fsp3) is 0.222. The fourth-order valence-electron chi connectivity index (χ4n) is 2.68. The van der Waals surface area contributed by atoms with E-state index < -0.39 is 17.9 Å². The van der Waals surface area contributed by atoms with Gasteiger partial charge in [-0.25, -0.2) is 9.18 Å². The van der Waals surface area contributed by atoms with Gasteiger partial charge < -0.3 is 14.3 Å². The van der Waals surface area contributed by atoms with E-state index in [1.54, 1.807) is 19.1 Å². The molecule has 6 heteroatoms. The van der Waals surface area contributed by atoms with Crippen LogP contribution in [0.25, 0.3) is 0 Å². The number of oxime groups is 1. The van der Waals surface area contributed by atoms with Crippen molar-refractivity contribution < 1.29 is 23.5 Å². The summed E-state index contributed by atoms with van der Waals surface area (Å²) < 4.78 is 23.6. The highest BCUT2D eigenvalue weighted by atomic mass is 19.1. The van der Waals surface area contributed by atoms with Crippen LogP contribution >= 0.6 is 0 Å². The zero-order chi connectivity index (χ0) is 17.0. The van der Waals surface area contributed by atoms with E-state index in [1.165, 1.54) is 18.3 Å². The zero-order valence-electron chi connectivity index (χ0n) is 13.0. The average Bonchev–Trinajstić information content (AvgIpc) is 3.01. The van der Waals surface area contributed by atoms with Gasteiger partial charge in [-0.15, -0.1) is 0 Å². The molecule has 0 spiro atoms. The molecule has 0 radical (unpaired) electrons. The third-order valence-electron chi connectivity index (χ3n) is 3.75. The third-order valence-corrected chi connectivity index (χ3v) is 3.75. The summed E-state index contributed by atoms with van der Waals surface area (Å²) in [5.74, 6) is -0.372. The molecule has 124 valence electrons. The lowest BCUT2D eigenvalue weighted by molar-refractivity contribution is -0.0675. The van der Waals surface area contributed by atoms with Crippen molar-refractivity contribution in [2.24, 2.45) is 5.16 Å². The summed E-state index contributed by atoms with van der Waals surface area (Å²) >= 11 is 0. The first-order valence-electron chi connectivity index (χ1n) is 7.53. The van der Waals surface area contributed by atoms with Crippen LogP contribution in [0, 0.1) is 5.82 Å². The van der Waals surface area contributed by atoms with E-state index >= 15 is 0 Å². The second-order valence-corrected chi connectivity index (χ2v) is 5.18. The van der Waals surface area contributed by atoms with Gasteiger partial charge in [0.15, 0.2) is 6.10 Å². The molecule has 1 aliphatic rings. The molecule has 0 aliphatic carbocycles. The van der Waals surface area contributed by atoms with E-state index in [2.05, 4.69) is 5.16 Å². The summed E-state index contributed by atoms with van der Waals surface area (Å²) in [6.45, 7) is 1.88. The number of carbonyl (C=O) groups is 1. The van der Waals surface area contributed by atoms with Crippen LogP contribution in [0.2, 0.25) is 0 Å². The van der Waals surface area contributed by atoms with Crippen LogP contribution < -0.4 is 0 Å². The highest BCUT2D eigenvalue weighted by molar-refractivity contribution is 5.73. The van der Waals surface area contributed by atoms with E-state index in [9.17, 15) is 9.18 Å². The van der Waals surface area contributed by atoms with Crippen LogP contribution in [-0.4, -0.2) is 25.1 Å². The Balaban J connectivity index is 2.05. The largest absolute Gasteiger partial charge is 0.509 e. The van der Waals surface area contributed by atoms with Gasteiger partial charge in [0.2, 0.25) is 5.60 Å². The van der Waals surface area contributed by atoms with Crippen molar-refractivity contribution in [3.8, 4) is 0 Å². The Morgan fingerprint density at radius 2 is 1.83 bits per heavy atom. The van der Waals surface area contributed by atoms with Gasteiger partial charge >= 0.3 is 6.16 Å². The van der Waals surface area contributed by atoms with Crippen molar-refractivity contribution in [3.05, 3.63) is 71.5 Å². The maximum atomic E-state index is 13.3. The molecular weight excluding hydrogens is 313 g/mol. The standard InChI is InChI=1S/C18H16FNO4/c1-2-22-17(21)23-16-12-20-24-18(16,13-6-4-3-5-7-13)14-8-10-15(19)11-9-14/h3-12,16H,2H2,1H3. The zero-order valence-corrected chi connectivity index (χ0v) is 13.0. The molecule has 2 unspecified atom stereocenters. The number of ether oxygens (including phenoxy) is 2. The van der Waals surface area contributed by atoms with Crippen molar-refractivity contribution in [2.75, 3.05) is 6.61 Å². The molecule has 1 heterocycles. The maximum absolute atomic E-state index is 13.3. The van der Waals surface area contributed by atoms with Gasteiger partial charge in [0.25, 0.3) is 0 Å². The Hall–Kier alpha value is -2.89. The van der Waals surface area contributed by atoms with Crippen LogP contribution in [0.3, 0.4) is 0 Å². The molecule has 0 saturated heterocycles. The van der Waals surface area contributed by atoms with E-state index in [-0.39, 0.29) is 12.4 Å². The first-order valence-corrected chi connectivity index (χ1v) is 7.53. The molecule has 0 amide bonds. The number of hydrogen-bond acceptors (Lipinski definition) is 5. The minimum atomic E-state index is -1.19. The number of benzene rings is 2. The Kier molecular flexibility index (Phi) is 4.46. The normalized spacial score (nSPS) is 22.0. The van der Waals surface area contributed by atoms with Crippen LogP contribution in [0.4, 0.5) is 9.18 Å². The lowest BCUT2D eigenvalue weighted by Crippen LogP contribution is -2.42. The summed E-state index contributed by atoms with van der Waals surface area (Å²) in [5.41, 5.74) is 0.146. The molecular formula is C18H16FNO4. The minimum absolute atomic E-state index is 0.193. The van der Waals surface area contributed by atoms with E-state index in [1.807, 2.05) is 30.3 Å². The molecule has 2 aromatic rings. The van der Waals surface area contributed by atoms with Crippen molar-refractivity contribution in [3.63, 3.8) is 0 Å². The summed E-state index contributed by atoms with van der Waals surface area (Å²) in [5, 5.41) is 3.86. The minimum Gasteiger partial charge on any atom is -0.435 e. The number of carbonyl (C=O) groups excluding carboxylic acids is 1. The van der Waals surface area contributed by atoms with Gasteiger partial charge in [-0.3, -0.25) is 0 Å². The Morgan fingerprint density at radius 1 is 1.17 bits per heavy atom. The highest BCUT2D eigenvalue weighted by Crippen LogP contribution is 2.41. The molecule has 24 heavy (non-hydrogen) atoms. The van der Waals surface area contributed by atoms with Crippen molar-refractivity contribution >= 4 is 12.4 Å². The van der Waals surface area contributed by atoms with Gasteiger partial charge in [-0.05, 0) is 19.1 Å². The maximum Gasteiger partial charge on any atom is 0.509 e. The van der Waals surface area contributed by atoms with E-state index in [0.29, 0.717) is 5.56 Å². The molecule has 0 fully saturated rings. The first-order chi connectivity index (χ1) is 11.7. The second-order valence-electron chi connectivity index (χ2n) is 5.18. The predicted molar refractivity (Wildman–Crippen MR) is 85.1 cm³/mol. The fourth-order valence-corrected chi connectivity index (χ4v) is 2.68. The first kappa shape index (κ1) is 16.0. The van der Waals surface area contributed by atoms with Gasteiger partial charge in [0.1, 0.15) is 5.82 Å². The molecule has 1 aliphatic heterocycles. The average molecular weight is 329 g/mol. The topological polar surface area (TPSA) is 57.1 Å². The third kappa shape index (κ3) is 2.82. The van der Waals surface area contributed by atoms with Gasteiger partial charge in [0, 0.05) is 11.1 Å². The van der Waals surface area contributed by atoms with Crippen molar-refractivity contribution in [1.29, 1.82) is 0 Å². The molecule has 3 rings (SSSR count). The summed E-state index contributed by atoms with van der Waals surface area (Å²) in [6.07, 6.45) is -0.265.